The van der Waals surface area contributed by atoms with Gasteiger partial charge in [0.2, 0.25) is 0 Å². The zero-order chi connectivity index (χ0) is 44.2. The SMILES string of the molecule is CCCCCCCCCCCCCCCCCCCCC(=O)OCC(COCCC(C(=O)O)[N+](C)(C)C)OC(=O)CCCCCCCCCCCCCCCCCCCC. The summed E-state index contributed by atoms with van der Waals surface area (Å²) in [6.07, 6.45) is 47.2. The lowest BCUT2D eigenvalue weighted by molar-refractivity contribution is -0.887. The van der Waals surface area contributed by atoms with E-state index < -0.39 is 18.1 Å². The third kappa shape index (κ3) is 41.7. The zero-order valence-electron chi connectivity index (χ0n) is 40.7. The predicted molar refractivity (Wildman–Crippen MR) is 253 cm³/mol. The van der Waals surface area contributed by atoms with Gasteiger partial charge in [-0.05, 0) is 12.8 Å². The first kappa shape index (κ1) is 58.3. The van der Waals surface area contributed by atoms with Crippen molar-refractivity contribution in [3.05, 3.63) is 0 Å². The molecule has 356 valence electrons. The molecule has 0 aliphatic rings. The van der Waals surface area contributed by atoms with Crippen molar-refractivity contribution in [3.63, 3.8) is 0 Å². The number of esters is 2. The summed E-state index contributed by atoms with van der Waals surface area (Å²) in [5.41, 5.74) is 0. The highest BCUT2D eigenvalue weighted by molar-refractivity contribution is 5.72. The normalized spacial score (nSPS) is 12.8. The van der Waals surface area contributed by atoms with Gasteiger partial charge in [0.15, 0.2) is 12.1 Å². The highest BCUT2D eigenvalue weighted by Crippen LogP contribution is 2.17. The quantitative estimate of drug-likeness (QED) is 0.0370. The number of carbonyl (C=O) groups excluding carboxylic acids is 2. The van der Waals surface area contributed by atoms with Crippen molar-refractivity contribution < 1.29 is 38.2 Å². The molecule has 0 radical (unpaired) electrons. The van der Waals surface area contributed by atoms with Crippen LogP contribution >= 0.6 is 0 Å². The summed E-state index contributed by atoms with van der Waals surface area (Å²) in [6, 6.07) is -0.609. The largest absolute Gasteiger partial charge is 0.477 e. The van der Waals surface area contributed by atoms with Gasteiger partial charge in [-0.15, -0.1) is 0 Å². The third-order valence-electron chi connectivity index (χ3n) is 12.3. The zero-order valence-corrected chi connectivity index (χ0v) is 40.7. The van der Waals surface area contributed by atoms with Gasteiger partial charge < -0.3 is 23.8 Å². The number of likely N-dealkylation sites (N-methyl/N-ethyl adjacent to an activating group) is 1. The van der Waals surface area contributed by atoms with Crippen LogP contribution in [-0.4, -0.2) is 80.6 Å². The van der Waals surface area contributed by atoms with E-state index in [-0.39, 0.29) is 36.2 Å². The van der Waals surface area contributed by atoms with Gasteiger partial charge in [-0.3, -0.25) is 9.59 Å². The van der Waals surface area contributed by atoms with Crippen LogP contribution in [0.15, 0.2) is 0 Å². The summed E-state index contributed by atoms with van der Waals surface area (Å²) >= 11 is 0. The van der Waals surface area contributed by atoms with Crippen molar-refractivity contribution in [2.45, 2.75) is 276 Å². The van der Waals surface area contributed by atoms with Crippen molar-refractivity contribution in [1.82, 2.24) is 0 Å². The molecular formula is C52H102NO7+. The average molecular weight is 853 g/mol. The van der Waals surface area contributed by atoms with Crippen molar-refractivity contribution in [2.24, 2.45) is 0 Å². The molecule has 0 rings (SSSR count). The van der Waals surface area contributed by atoms with E-state index in [1.165, 1.54) is 193 Å². The van der Waals surface area contributed by atoms with Crippen LogP contribution in [0.5, 0.6) is 0 Å². The van der Waals surface area contributed by atoms with Gasteiger partial charge in [0.1, 0.15) is 6.61 Å². The lowest BCUT2D eigenvalue weighted by Crippen LogP contribution is -2.50. The molecule has 60 heavy (non-hydrogen) atoms. The second kappa shape index (κ2) is 44.0. The number of rotatable bonds is 48. The van der Waals surface area contributed by atoms with E-state index in [4.69, 9.17) is 14.2 Å². The van der Waals surface area contributed by atoms with Crippen LogP contribution < -0.4 is 0 Å². The number of carboxylic acid groups (broad SMARTS) is 1. The van der Waals surface area contributed by atoms with Gasteiger partial charge in [-0.1, -0.05) is 232 Å². The number of quaternary nitrogens is 1. The van der Waals surface area contributed by atoms with E-state index in [9.17, 15) is 19.5 Å². The Bertz CT molecular complexity index is 951. The fraction of sp³-hybridized carbons (Fsp3) is 0.942. The van der Waals surface area contributed by atoms with Gasteiger partial charge in [-0.25, -0.2) is 4.79 Å². The maximum atomic E-state index is 12.8. The maximum absolute atomic E-state index is 12.8. The molecule has 0 amide bonds. The summed E-state index contributed by atoms with van der Waals surface area (Å²) in [7, 11) is 5.55. The fourth-order valence-corrected chi connectivity index (χ4v) is 8.21. The molecule has 1 N–H and O–H groups in total. The van der Waals surface area contributed by atoms with Gasteiger partial charge in [0.05, 0.1) is 34.4 Å². The molecule has 2 unspecified atom stereocenters. The second-order valence-corrected chi connectivity index (χ2v) is 19.1. The summed E-state index contributed by atoms with van der Waals surface area (Å²) in [6.45, 7) is 4.80. The molecule has 0 aromatic carbocycles. The molecule has 0 heterocycles. The topological polar surface area (TPSA) is 99.1 Å². The van der Waals surface area contributed by atoms with Crippen LogP contribution in [0, 0.1) is 0 Å². The molecule has 0 saturated carbocycles. The predicted octanol–water partition coefficient (Wildman–Crippen LogP) is 14.9. The van der Waals surface area contributed by atoms with E-state index in [1.807, 2.05) is 21.1 Å². The Balaban J connectivity index is 4.18. The smallest absolute Gasteiger partial charge is 0.362 e. The van der Waals surface area contributed by atoms with Crippen LogP contribution in [0.2, 0.25) is 0 Å². The van der Waals surface area contributed by atoms with E-state index in [0.29, 0.717) is 19.3 Å². The van der Waals surface area contributed by atoms with Gasteiger partial charge in [0, 0.05) is 19.3 Å². The number of hydrogen-bond acceptors (Lipinski definition) is 6. The number of carbonyl (C=O) groups is 3. The number of nitrogens with zero attached hydrogens (tertiary/aromatic N) is 1. The molecule has 0 bridgehead atoms. The lowest BCUT2D eigenvalue weighted by atomic mass is 10.0. The monoisotopic (exact) mass is 853 g/mol. The molecule has 2 atom stereocenters. The summed E-state index contributed by atoms with van der Waals surface area (Å²) in [5, 5.41) is 9.65. The molecule has 0 aromatic heterocycles. The molecule has 0 aliphatic carbocycles. The Morgan fingerprint density at radius 2 is 0.733 bits per heavy atom. The van der Waals surface area contributed by atoms with E-state index in [0.717, 1.165) is 38.5 Å². The first-order valence-electron chi connectivity index (χ1n) is 26.1. The highest BCUT2D eigenvalue weighted by Gasteiger charge is 2.31. The van der Waals surface area contributed by atoms with E-state index >= 15 is 0 Å². The highest BCUT2D eigenvalue weighted by atomic mass is 16.6. The van der Waals surface area contributed by atoms with Crippen molar-refractivity contribution >= 4 is 17.9 Å². The van der Waals surface area contributed by atoms with E-state index in [2.05, 4.69) is 13.8 Å². The minimum Gasteiger partial charge on any atom is -0.477 e. The van der Waals surface area contributed by atoms with Crippen LogP contribution in [0.3, 0.4) is 0 Å². The molecular weight excluding hydrogens is 751 g/mol. The molecule has 8 nitrogen and oxygen atoms in total. The second-order valence-electron chi connectivity index (χ2n) is 19.1. The number of hydrogen-bond donors (Lipinski definition) is 1. The van der Waals surface area contributed by atoms with Crippen LogP contribution in [-0.2, 0) is 28.6 Å². The summed E-state index contributed by atoms with van der Waals surface area (Å²) < 4.78 is 17.4. The number of carboxylic acids is 1. The van der Waals surface area contributed by atoms with Crippen molar-refractivity contribution in [1.29, 1.82) is 0 Å². The first-order chi connectivity index (χ1) is 29.1. The van der Waals surface area contributed by atoms with Gasteiger partial charge in [0.25, 0.3) is 0 Å². The molecule has 0 aliphatic heterocycles. The minimum atomic E-state index is -0.869. The standard InChI is InChI=1S/C52H101NO7/c1-6-8-10-12-14-16-18-20-22-24-26-28-30-32-34-36-38-40-42-50(54)59-47-48(46-58-45-44-49(52(56)57)53(3,4)5)60-51(55)43-41-39-37-35-33-31-29-27-25-23-21-19-17-15-13-11-9-7-2/h48-49H,6-47H2,1-5H3/p+1. The van der Waals surface area contributed by atoms with Crippen molar-refractivity contribution in [3.8, 4) is 0 Å². The van der Waals surface area contributed by atoms with Crippen LogP contribution in [0.4, 0.5) is 0 Å². The Kier molecular flexibility index (Phi) is 42.7. The number of aliphatic carboxylic acids is 1. The summed E-state index contributed by atoms with van der Waals surface area (Å²) in [5.74, 6) is -1.44. The van der Waals surface area contributed by atoms with Gasteiger partial charge >= 0.3 is 17.9 Å². The molecule has 0 spiro atoms. The lowest BCUT2D eigenvalue weighted by Gasteiger charge is -2.31. The molecule has 0 fully saturated rings. The van der Waals surface area contributed by atoms with E-state index in [1.54, 1.807) is 0 Å². The fourth-order valence-electron chi connectivity index (χ4n) is 8.21. The Morgan fingerprint density at radius 3 is 1.03 bits per heavy atom. The third-order valence-corrected chi connectivity index (χ3v) is 12.3. The Hall–Kier alpha value is -1.67. The molecule has 8 heteroatoms. The minimum absolute atomic E-state index is 0.0412. The van der Waals surface area contributed by atoms with Crippen molar-refractivity contribution in [2.75, 3.05) is 41.0 Å². The average Bonchev–Trinajstić information content (AvgIpc) is 3.21. The first-order valence-corrected chi connectivity index (χ1v) is 26.1. The number of unbranched alkanes of at least 4 members (excludes halogenated alkanes) is 34. The summed E-state index contributed by atoms with van der Waals surface area (Å²) in [4.78, 5) is 37.1. The molecule has 0 aromatic rings. The van der Waals surface area contributed by atoms with Gasteiger partial charge in [-0.2, -0.15) is 0 Å². The maximum Gasteiger partial charge on any atom is 0.362 e. The van der Waals surface area contributed by atoms with Crippen LogP contribution in [0.1, 0.15) is 264 Å². The van der Waals surface area contributed by atoms with Crippen LogP contribution in [0.25, 0.3) is 0 Å². The Morgan fingerprint density at radius 1 is 0.433 bits per heavy atom. The Labute approximate surface area is 372 Å². The number of ether oxygens (including phenoxy) is 3. The molecule has 0 saturated heterocycles.